The Labute approximate surface area is 125 Å². The van der Waals surface area contributed by atoms with Crippen molar-refractivity contribution in [1.82, 2.24) is 0 Å². The highest BCUT2D eigenvalue weighted by molar-refractivity contribution is 9.10. The Morgan fingerprint density at radius 2 is 2.05 bits per heavy atom. The number of rotatable bonds is 4. The number of carboxylic acid groups (broad SMARTS) is 1. The molecule has 0 radical (unpaired) electrons. The second-order valence-electron chi connectivity index (χ2n) is 4.19. The topological polar surface area (TPSA) is 37.3 Å². The van der Waals surface area contributed by atoms with E-state index in [0.717, 1.165) is 21.4 Å². The van der Waals surface area contributed by atoms with Crippen LogP contribution in [0.1, 0.15) is 21.5 Å². The van der Waals surface area contributed by atoms with Gasteiger partial charge in [-0.15, -0.1) is 11.8 Å². The van der Waals surface area contributed by atoms with Crippen LogP contribution in [0.25, 0.3) is 0 Å². The smallest absolute Gasteiger partial charge is 0.335 e. The third-order valence-electron chi connectivity index (χ3n) is 2.78. The molecule has 0 aromatic heterocycles. The molecule has 0 aliphatic carbocycles. The summed E-state index contributed by atoms with van der Waals surface area (Å²) in [4.78, 5) is 12.1. The molecular weight excluding hydrogens is 324 g/mol. The third-order valence-corrected chi connectivity index (χ3v) is 4.32. The summed E-state index contributed by atoms with van der Waals surface area (Å²) in [7, 11) is 0. The summed E-state index contributed by atoms with van der Waals surface area (Å²) < 4.78 is 1.07. The average molecular weight is 337 g/mol. The molecule has 0 unspecified atom stereocenters. The quantitative estimate of drug-likeness (QED) is 0.818. The van der Waals surface area contributed by atoms with Gasteiger partial charge < -0.3 is 5.11 Å². The normalized spacial score (nSPS) is 10.4. The molecule has 0 atom stereocenters. The second kappa shape index (κ2) is 6.26. The van der Waals surface area contributed by atoms with Crippen LogP contribution in [0.4, 0.5) is 0 Å². The monoisotopic (exact) mass is 336 g/mol. The summed E-state index contributed by atoms with van der Waals surface area (Å²) in [5.41, 5.74) is 2.52. The Hall–Kier alpha value is -1.26. The van der Waals surface area contributed by atoms with Gasteiger partial charge in [0.05, 0.1) is 5.56 Å². The van der Waals surface area contributed by atoms with Gasteiger partial charge >= 0.3 is 5.97 Å². The van der Waals surface area contributed by atoms with E-state index in [2.05, 4.69) is 28.1 Å². The molecule has 0 fully saturated rings. The molecule has 0 saturated heterocycles. The minimum atomic E-state index is -0.880. The molecule has 2 nitrogen and oxygen atoms in total. The molecule has 0 heterocycles. The summed E-state index contributed by atoms with van der Waals surface area (Å²) in [6.07, 6.45) is 0. The Balaban J connectivity index is 2.10. The number of carboxylic acids is 1. The van der Waals surface area contributed by atoms with Gasteiger partial charge in [-0.2, -0.15) is 0 Å². The van der Waals surface area contributed by atoms with Gasteiger partial charge in [0.25, 0.3) is 0 Å². The molecule has 1 N–H and O–H groups in total. The van der Waals surface area contributed by atoms with E-state index in [-0.39, 0.29) is 0 Å². The van der Waals surface area contributed by atoms with Crippen LogP contribution in [0.5, 0.6) is 0 Å². The Morgan fingerprint density at radius 1 is 1.26 bits per heavy atom. The van der Waals surface area contributed by atoms with Crippen molar-refractivity contribution in [3.8, 4) is 0 Å². The molecule has 19 heavy (non-hydrogen) atoms. The minimum Gasteiger partial charge on any atom is -0.478 e. The van der Waals surface area contributed by atoms with E-state index in [1.807, 2.05) is 25.1 Å². The third kappa shape index (κ3) is 3.85. The molecule has 0 saturated carbocycles. The average Bonchev–Trinajstić information content (AvgIpc) is 2.37. The Bertz CT molecular complexity index is 611. The van der Waals surface area contributed by atoms with Crippen molar-refractivity contribution in [1.29, 1.82) is 0 Å². The highest BCUT2D eigenvalue weighted by atomic mass is 79.9. The minimum absolute atomic E-state index is 0.341. The summed E-state index contributed by atoms with van der Waals surface area (Å²) in [6, 6.07) is 13.4. The van der Waals surface area contributed by atoms with Gasteiger partial charge in [0.1, 0.15) is 0 Å². The van der Waals surface area contributed by atoms with Gasteiger partial charge in [-0.3, -0.25) is 0 Å². The van der Waals surface area contributed by atoms with Crippen molar-refractivity contribution >= 4 is 33.7 Å². The Kier molecular flexibility index (Phi) is 4.66. The van der Waals surface area contributed by atoms with Crippen molar-refractivity contribution < 1.29 is 9.90 Å². The zero-order valence-corrected chi connectivity index (χ0v) is 12.8. The molecule has 0 spiro atoms. The lowest BCUT2D eigenvalue weighted by Crippen LogP contribution is -1.98. The molecule has 98 valence electrons. The van der Waals surface area contributed by atoms with Gasteiger partial charge in [-0.25, -0.2) is 4.79 Å². The number of aryl methyl sites for hydroxylation is 1. The van der Waals surface area contributed by atoms with Crippen LogP contribution in [-0.2, 0) is 5.75 Å². The van der Waals surface area contributed by atoms with Crippen LogP contribution in [0.2, 0.25) is 0 Å². The van der Waals surface area contributed by atoms with Crippen LogP contribution >= 0.6 is 27.7 Å². The number of hydrogen-bond donors (Lipinski definition) is 1. The zero-order valence-electron chi connectivity index (χ0n) is 10.4. The maximum atomic E-state index is 10.9. The first kappa shape index (κ1) is 14.2. The molecular formula is C15H13BrO2S. The van der Waals surface area contributed by atoms with E-state index in [0.29, 0.717) is 5.56 Å². The van der Waals surface area contributed by atoms with Crippen molar-refractivity contribution in [3.63, 3.8) is 0 Å². The van der Waals surface area contributed by atoms with Crippen molar-refractivity contribution in [3.05, 3.63) is 63.6 Å². The SMILES string of the molecule is Cc1cc(C(=O)O)ccc1CSc1cccc(Br)c1. The number of hydrogen-bond acceptors (Lipinski definition) is 2. The van der Waals surface area contributed by atoms with E-state index in [1.165, 1.54) is 4.90 Å². The van der Waals surface area contributed by atoms with Crippen LogP contribution in [-0.4, -0.2) is 11.1 Å². The maximum Gasteiger partial charge on any atom is 0.335 e. The van der Waals surface area contributed by atoms with Crippen LogP contribution < -0.4 is 0 Å². The van der Waals surface area contributed by atoms with E-state index < -0.39 is 5.97 Å². The molecule has 0 aliphatic rings. The number of aromatic carboxylic acids is 1. The van der Waals surface area contributed by atoms with Crippen LogP contribution in [0, 0.1) is 6.92 Å². The molecule has 0 amide bonds. The van der Waals surface area contributed by atoms with Gasteiger partial charge in [-0.05, 0) is 48.4 Å². The Morgan fingerprint density at radius 3 is 2.68 bits per heavy atom. The fraction of sp³-hybridized carbons (Fsp3) is 0.133. The maximum absolute atomic E-state index is 10.9. The fourth-order valence-electron chi connectivity index (χ4n) is 1.71. The summed E-state index contributed by atoms with van der Waals surface area (Å²) in [5.74, 6) is -0.0448. The lowest BCUT2D eigenvalue weighted by Gasteiger charge is -2.07. The zero-order chi connectivity index (χ0) is 13.8. The van der Waals surface area contributed by atoms with Crippen molar-refractivity contribution in [2.75, 3.05) is 0 Å². The second-order valence-corrected chi connectivity index (χ2v) is 6.16. The van der Waals surface area contributed by atoms with Gasteiger partial charge in [0.15, 0.2) is 0 Å². The lowest BCUT2D eigenvalue weighted by atomic mass is 10.1. The van der Waals surface area contributed by atoms with Gasteiger partial charge in [0, 0.05) is 15.1 Å². The first-order valence-corrected chi connectivity index (χ1v) is 7.55. The fourth-order valence-corrected chi connectivity index (χ4v) is 3.29. The van der Waals surface area contributed by atoms with Gasteiger partial charge in [0.2, 0.25) is 0 Å². The molecule has 2 rings (SSSR count). The van der Waals surface area contributed by atoms with Crippen LogP contribution in [0.15, 0.2) is 51.8 Å². The van der Waals surface area contributed by atoms with E-state index in [9.17, 15) is 4.79 Å². The van der Waals surface area contributed by atoms with Crippen LogP contribution in [0.3, 0.4) is 0 Å². The molecule has 4 heteroatoms. The predicted molar refractivity (Wildman–Crippen MR) is 81.8 cm³/mol. The van der Waals surface area contributed by atoms with E-state index >= 15 is 0 Å². The molecule has 0 bridgehead atoms. The first-order valence-electron chi connectivity index (χ1n) is 5.77. The molecule has 2 aromatic rings. The van der Waals surface area contributed by atoms with Crippen molar-refractivity contribution in [2.45, 2.75) is 17.6 Å². The standard InChI is InChI=1S/C15H13BrO2S/c1-10-7-11(15(17)18)5-6-12(10)9-19-14-4-2-3-13(16)8-14/h2-8H,9H2,1H3,(H,17,18). The largest absolute Gasteiger partial charge is 0.478 e. The highest BCUT2D eigenvalue weighted by Crippen LogP contribution is 2.26. The molecule has 2 aromatic carbocycles. The summed E-state index contributed by atoms with van der Waals surface area (Å²) >= 11 is 5.19. The molecule has 0 aliphatic heterocycles. The first-order chi connectivity index (χ1) is 9.06. The van der Waals surface area contributed by atoms with Gasteiger partial charge in [-0.1, -0.05) is 28.1 Å². The lowest BCUT2D eigenvalue weighted by molar-refractivity contribution is 0.0697. The number of benzene rings is 2. The summed E-state index contributed by atoms with van der Waals surface area (Å²) in [6.45, 7) is 1.95. The number of carbonyl (C=O) groups is 1. The van der Waals surface area contributed by atoms with Crippen molar-refractivity contribution in [2.24, 2.45) is 0 Å². The number of thioether (sulfide) groups is 1. The van der Waals surface area contributed by atoms with E-state index in [1.54, 1.807) is 23.9 Å². The van der Waals surface area contributed by atoms with E-state index in [4.69, 9.17) is 5.11 Å². The number of halogens is 1. The predicted octanol–water partition coefficient (Wildman–Crippen LogP) is 4.75. The summed E-state index contributed by atoms with van der Waals surface area (Å²) in [5, 5.41) is 8.93. The highest BCUT2D eigenvalue weighted by Gasteiger charge is 2.06.